The van der Waals surface area contributed by atoms with E-state index in [2.05, 4.69) is 6.58 Å². The summed E-state index contributed by atoms with van der Waals surface area (Å²) in [5.41, 5.74) is 1.35. The molecule has 0 fully saturated rings. The monoisotopic (exact) mass is 94.0 g/mol. The molecule has 0 N–H and O–H groups in total. The fourth-order valence-corrected chi connectivity index (χ4v) is 0. The van der Waals surface area contributed by atoms with Gasteiger partial charge in [-0.2, -0.15) is 0 Å². The van der Waals surface area contributed by atoms with Crippen LogP contribution in [0.15, 0.2) is 12.3 Å². The second-order valence-electron chi connectivity index (χ2n) is 0.322. The zero-order chi connectivity index (χ0) is 3.41. The third-order valence-electron chi connectivity index (χ3n) is 0.0833. The third-order valence-corrected chi connectivity index (χ3v) is 0.250. The standard InChI is InChI=1S/C2H3OSi.Na/c1-2-4-3;/h2H,1H2;/q-1;+1. The molecule has 0 aromatic carbocycles. The second kappa shape index (κ2) is 8.87. The molecule has 0 atom stereocenters. The van der Waals surface area contributed by atoms with Crippen molar-refractivity contribution in [2.24, 2.45) is 0 Å². The second-order valence-corrected chi connectivity index (χ2v) is 0.966. The van der Waals surface area contributed by atoms with Gasteiger partial charge >= 0.3 is 29.6 Å². The van der Waals surface area contributed by atoms with Gasteiger partial charge < -0.3 is 4.80 Å². The van der Waals surface area contributed by atoms with Crippen LogP contribution in [0.1, 0.15) is 0 Å². The smallest absolute Gasteiger partial charge is 0.860 e. The fourth-order valence-electron chi connectivity index (χ4n) is 0. The Labute approximate surface area is 56.3 Å². The first kappa shape index (κ1) is 9.32. The zero-order valence-corrected chi connectivity index (χ0v) is 6.19. The summed E-state index contributed by atoms with van der Waals surface area (Å²) in [7, 11) is -0.346. The zero-order valence-electron chi connectivity index (χ0n) is 3.19. The van der Waals surface area contributed by atoms with Crippen LogP contribution in [-0.2, 0) is 0 Å². The summed E-state index contributed by atoms with van der Waals surface area (Å²) in [4.78, 5) is 9.21. The van der Waals surface area contributed by atoms with Crippen LogP contribution in [0.25, 0.3) is 0 Å². The minimum atomic E-state index is -0.346. The van der Waals surface area contributed by atoms with E-state index in [0.717, 1.165) is 0 Å². The predicted octanol–water partition coefficient (Wildman–Crippen LogP) is -3.89. The maximum Gasteiger partial charge on any atom is 1.00 e. The van der Waals surface area contributed by atoms with Gasteiger partial charge in [-0.1, -0.05) is 9.76 Å². The largest absolute Gasteiger partial charge is 1.00 e. The van der Waals surface area contributed by atoms with E-state index in [0.29, 0.717) is 0 Å². The van der Waals surface area contributed by atoms with Crippen molar-refractivity contribution < 1.29 is 34.4 Å². The van der Waals surface area contributed by atoms with Crippen molar-refractivity contribution in [3.63, 3.8) is 0 Å². The summed E-state index contributed by atoms with van der Waals surface area (Å²) < 4.78 is 0. The number of hydrogen-bond acceptors (Lipinski definition) is 1. The van der Waals surface area contributed by atoms with Gasteiger partial charge in [-0.25, -0.2) is 0 Å². The van der Waals surface area contributed by atoms with Crippen LogP contribution in [0.2, 0.25) is 0 Å². The molecule has 0 aliphatic carbocycles. The summed E-state index contributed by atoms with van der Waals surface area (Å²) in [6.45, 7) is 3.18. The van der Waals surface area contributed by atoms with E-state index in [1.807, 2.05) is 0 Å². The van der Waals surface area contributed by atoms with Gasteiger partial charge in [0.05, 0.1) is 0 Å². The molecule has 0 rings (SSSR count). The van der Waals surface area contributed by atoms with Crippen molar-refractivity contribution in [1.82, 2.24) is 0 Å². The van der Waals surface area contributed by atoms with Crippen LogP contribution in [-0.4, -0.2) is 9.76 Å². The van der Waals surface area contributed by atoms with Crippen molar-refractivity contribution in [2.75, 3.05) is 0 Å². The summed E-state index contributed by atoms with van der Waals surface area (Å²) in [6, 6.07) is 0. The molecule has 3 heteroatoms. The van der Waals surface area contributed by atoms with E-state index >= 15 is 0 Å². The molecule has 2 radical (unpaired) electrons. The third kappa shape index (κ3) is 11.4. The topological polar surface area (TPSA) is 23.1 Å². The van der Waals surface area contributed by atoms with Gasteiger partial charge in [0.1, 0.15) is 0 Å². The van der Waals surface area contributed by atoms with Gasteiger partial charge in [0.25, 0.3) is 0 Å². The molecule has 0 unspecified atom stereocenters. The first-order valence-electron chi connectivity index (χ1n) is 0.901. The average molecular weight is 94.1 g/mol. The van der Waals surface area contributed by atoms with E-state index in [1.165, 1.54) is 5.70 Å². The molecule has 0 aliphatic heterocycles. The molecule has 22 valence electrons. The summed E-state index contributed by atoms with van der Waals surface area (Å²) in [5, 5.41) is 0. The Morgan fingerprint density at radius 3 is 2.00 bits per heavy atom. The van der Waals surface area contributed by atoms with Crippen LogP contribution in [0.5, 0.6) is 0 Å². The fraction of sp³-hybridized carbons (Fsp3) is 0. The van der Waals surface area contributed by atoms with Crippen molar-refractivity contribution in [2.45, 2.75) is 0 Å². The molecule has 0 saturated heterocycles. The molecule has 0 aromatic rings. The maximum absolute atomic E-state index is 9.21. The molecule has 0 heterocycles. The average Bonchev–Trinajstić information content (AvgIpc) is 1.37. The number of hydrogen-bond donors (Lipinski definition) is 0. The molecule has 0 amide bonds. The van der Waals surface area contributed by atoms with Gasteiger partial charge in [0.2, 0.25) is 0 Å². The van der Waals surface area contributed by atoms with Crippen molar-refractivity contribution in [3.8, 4) is 0 Å². The van der Waals surface area contributed by atoms with Crippen LogP contribution < -0.4 is 34.4 Å². The Hall–Kier alpha value is 0.917. The Bertz CT molecular complexity index is 23.6. The van der Waals surface area contributed by atoms with Gasteiger partial charge in [0, 0.05) is 0 Å². The first-order chi connectivity index (χ1) is 1.91. The normalized spacial score (nSPS) is 5.00. The van der Waals surface area contributed by atoms with Crippen molar-refractivity contribution in [1.29, 1.82) is 0 Å². The molecular formula is C2H3NaOSi. The minimum Gasteiger partial charge on any atom is -0.860 e. The van der Waals surface area contributed by atoms with E-state index in [4.69, 9.17) is 0 Å². The maximum atomic E-state index is 9.21. The van der Waals surface area contributed by atoms with Gasteiger partial charge in [-0.15, -0.1) is 12.3 Å². The molecule has 0 bridgehead atoms. The number of rotatable bonds is 1. The Morgan fingerprint density at radius 1 is 1.80 bits per heavy atom. The van der Waals surface area contributed by atoms with Crippen LogP contribution in [0, 0.1) is 0 Å². The van der Waals surface area contributed by atoms with Crippen LogP contribution in [0.3, 0.4) is 0 Å². The van der Waals surface area contributed by atoms with Crippen molar-refractivity contribution >= 4 is 9.76 Å². The van der Waals surface area contributed by atoms with Gasteiger partial charge in [-0.05, 0) is 0 Å². The Morgan fingerprint density at radius 2 is 2.00 bits per heavy atom. The van der Waals surface area contributed by atoms with E-state index < -0.39 is 0 Å². The molecule has 0 aromatic heterocycles. The quantitative estimate of drug-likeness (QED) is 0.305. The summed E-state index contributed by atoms with van der Waals surface area (Å²) >= 11 is 0. The Balaban J connectivity index is 0. The van der Waals surface area contributed by atoms with Crippen LogP contribution in [0.4, 0.5) is 0 Å². The van der Waals surface area contributed by atoms with E-state index in [1.54, 1.807) is 0 Å². The Kier molecular flexibility index (Phi) is 16.5. The van der Waals surface area contributed by atoms with Gasteiger partial charge in [-0.3, -0.25) is 0 Å². The van der Waals surface area contributed by atoms with Crippen molar-refractivity contribution in [3.05, 3.63) is 12.3 Å². The molecule has 0 saturated carbocycles. The van der Waals surface area contributed by atoms with E-state index in [-0.39, 0.29) is 39.3 Å². The molecule has 1 nitrogen and oxygen atoms in total. The van der Waals surface area contributed by atoms with Gasteiger partial charge in [0.15, 0.2) is 0 Å². The predicted molar refractivity (Wildman–Crippen MR) is 16.0 cm³/mol. The van der Waals surface area contributed by atoms with E-state index in [9.17, 15) is 4.80 Å². The molecular weight excluding hydrogens is 91.1 g/mol. The first-order valence-corrected chi connectivity index (χ1v) is 1.89. The molecule has 0 spiro atoms. The SMILES string of the molecule is C=C[Si][O-].[Na+]. The van der Waals surface area contributed by atoms with Crippen LogP contribution >= 0.6 is 0 Å². The summed E-state index contributed by atoms with van der Waals surface area (Å²) in [6.07, 6.45) is 0. The molecule has 5 heavy (non-hydrogen) atoms. The molecule has 0 aliphatic rings. The summed E-state index contributed by atoms with van der Waals surface area (Å²) in [5.74, 6) is 0. The minimum absolute atomic E-state index is 0.